The summed E-state index contributed by atoms with van der Waals surface area (Å²) in [7, 11) is 0. The summed E-state index contributed by atoms with van der Waals surface area (Å²) in [6, 6.07) is 9.85. The fourth-order valence-electron chi connectivity index (χ4n) is 1.82. The van der Waals surface area contributed by atoms with Gasteiger partial charge in [-0.05, 0) is 44.0 Å². The molecule has 2 aromatic rings. The Morgan fingerprint density at radius 2 is 1.83 bits per heavy atom. The average Bonchev–Trinajstić information content (AvgIpc) is 2.27. The van der Waals surface area contributed by atoms with E-state index in [1.807, 2.05) is 38.1 Å². The van der Waals surface area contributed by atoms with E-state index in [2.05, 4.69) is 21.4 Å². The quantitative estimate of drug-likeness (QED) is 0.917. The zero-order valence-electron chi connectivity index (χ0n) is 10.6. The van der Waals surface area contributed by atoms with Gasteiger partial charge in [-0.15, -0.1) is 0 Å². The van der Waals surface area contributed by atoms with E-state index in [0.29, 0.717) is 5.95 Å². The predicted molar refractivity (Wildman–Crippen MR) is 75.2 cm³/mol. The van der Waals surface area contributed by atoms with Crippen molar-refractivity contribution in [2.24, 2.45) is 0 Å². The van der Waals surface area contributed by atoms with Crippen LogP contribution in [-0.2, 0) is 6.42 Å². The summed E-state index contributed by atoms with van der Waals surface area (Å²) in [5.74, 6) is 0.689. The third-order valence-corrected chi connectivity index (χ3v) is 2.80. The van der Waals surface area contributed by atoms with Gasteiger partial charge in [-0.1, -0.05) is 23.7 Å². The normalized spacial score (nSPS) is 10.4. The molecular weight excluding hydrogens is 246 g/mol. The molecule has 0 aliphatic carbocycles. The van der Waals surface area contributed by atoms with Crippen LogP contribution in [0.5, 0.6) is 0 Å². The largest absolute Gasteiger partial charge is 0.354 e. The van der Waals surface area contributed by atoms with E-state index in [-0.39, 0.29) is 0 Å². The van der Waals surface area contributed by atoms with Crippen molar-refractivity contribution in [2.45, 2.75) is 20.3 Å². The van der Waals surface area contributed by atoms with Gasteiger partial charge >= 0.3 is 0 Å². The molecule has 4 heteroatoms. The molecule has 1 N–H and O–H groups in total. The fraction of sp³-hybridized carbons (Fsp3) is 0.286. The molecule has 3 nitrogen and oxygen atoms in total. The highest BCUT2D eigenvalue weighted by atomic mass is 35.5. The maximum Gasteiger partial charge on any atom is 0.223 e. The Balaban J connectivity index is 1.92. The van der Waals surface area contributed by atoms with Gasteiger partial charge in [0.05, 0.1) is 0 Å². The number of hydrogen-bond acceptors (Lipinski definition) is 3. The lowest BCUT2D eigenvalue weighted by Crippen LogP contribution is -2.09. The fourth-order valence-corrected chi connectivity index (χ4v) is 2.03. The Kier molecular flexibility index (Phi) is 4.15. The molecular formula is C14H16ClN3. The summed E-state index contributed by atoms with van der Waals surface area (Å²) in [5.41, 5.74) is 3.17. The Morgan fingerprint density at radius 3 is 2.50 bits per heavy atom. The first-order valence-corrected chi connectivity index (χ1v) is 6.32. The lowest BCUT2D eigenvalue weighted by Gasteiger charge is -2.06. The molecule has 0 radical (unpaired) electrons. The molecule has 0 aliphatic rings. The third-order valence-electron chi connectivity index (χ3n) is 2.57. The zero-order chi connectivity index (χ0) is 13.0. The summed E-state index contributed by atoms with van der Waals surface area (Å²) in [6.45, 7) is 4.73. The summed E-state index contributed by atoms with van der Waals surface area (Å²) < 4.78 is 0. The Bertz CT molecular complexity index is 520. The summed E-state index contributed by atoms with van der Waals surface area (Å²) in [4.78, 5) is 8.67. The molecule has 94 valence electrons. The van der Waals surface area contributed by atoms with E-state index in [0.717, 1.165) is 29.4 Å². The van der Waals surface area contributed by atoms with Crippen LogP contribution in [0, 0.1) is 13.8 Å². The van der Waals surface area contributed by atoms with Gasteiger partial charge in [0, 0.05) is 23.0 Å². The van der Waals surface area contributed by atoms with Gasteiger partial charge in [0.15, 0.2) is 0 Å². The first kappa shape index (κ1) is 12.8. The Labute approximate surface area is 112 Å². The van der Waals surface area contributed by atoms with Crippen LogP contribution in [0.4, 0.5) is 5.95 Å². The molecule has 0 bridgehead atoms. The standard InChI is InChI=1S/C14H16ClN3/c1-10-8-11(2)18-14(17-10)16-7-6-12-4-3-5-13(15)9-12/h3-5,8-9H,6-7H2,1-2H3,(H,16,17,18). The number of aromatic nitrogens is 2. The number of aryl methyl sites for hydroxylation is 2. The molecule has 0 unspecified atom stereocenters. The SMILES string of the molecule is Cc1cc(C)nc(NCCc2cccc(Cl)c2)n1. The molecule has 2 rings (SSSR count). The van der Waals surface area contributed by atoms with Gasteiger partial charge in [0.1, 0.15) is 0 Å². The number of benzene rings is 1. The molecule has 0 amide bonds. The summed E-state index contributed by atoms with van der Waals surface area (Å²) in [5, 5.41) is 4.00. The van der Waals surface area contributed by atoms with E-state index in [9.17, 15) is 0 Å². The average molecular weight is 262 g/mol. The second-order valence-electron chi connectivity index (χ2n) is 4.28. The van der Waals surface area contributed by atoms with Crippen molar-refractivity contribution in [3.05, 3.63) is 52.3 Å². The summed E-state index contributed by atoms with van der Waals surface area (Å²) >= 11 is 5.94. The lowest BCUT2D eigenvalue weighted by atomic mass is 10.1. The maximum atomic E-state index is 5.94. The second kappa shape index (κ2) is 5.83. The first-order chi connectivity index (χ1) is 8.63. The van der Waals surface area contributed by atoms with E-state index in [1.54, 1.807) is 0 Å². The molecule has 0 saturated heterocycles. The first-order valence-electron chi connectivity index (χ1n) is 5.94. The highest BCUT2D eigenvalue weighted by Crippen LogP contribution is 2.11. The minimum atomic E-state index is 0.689. The summed E-state index contributed by atoms with van der Waals surface area (Å²) in [6.07, 6.45) is 0.900. The van der Waals surface area contributed by atoms with Gasteiger partial charge in [-0.3, -0.25) is 0 Å². The molecule has 0 aliphatic heterocycles. The predicted octanol–water partition coefficient (Wildman–Crippen LogP) is 3.40. The molecule has 0 spiro atoms. The Morgan fingerprint density at radius 1 is 1.11 bits per heavy atom. The maximum absolute atomic E-state index is 5.94. The number of rotatable bonds is 4. The number of hydrogen-bond donors (Lipinski definition) is 1. The van der Waals surface area contributed by atoms with Crippen molar-refractivity contribution in [1.82, 2.24) is 9.97 Å². The van der Waals surface area contributed by atoms with Gasteiger partial charge in [-0.2, -0.15) is 0 Å². The zero-order valence-corrected chi connectivity index (χ0v) is 11.3. The van der Waals surface area contributed by atoms with Crippen molar-refractivity contribution in [3.63, 3.8) is 0 Å². The molecule has 1 aromatic carbocycles. The number of halogens is 1. The van der Waals surface area contributed by atoms with Crippen LogP contribution in [-0.4, -0.2) is 16.5 Å². The lowest BCUT2D eigenvalue weighted by molar-refractivity contribution is 0.963. The smallest absolute Gasteiger partial charge is 0.223 e. The van der Waals surface area contributed by atoms with Crippen molar-refractivity contribution in [1.29, 1.82) is 0 Å². The van der Waals surface area contributed by atoms with Gasteiger partial charge in [-0.25, -0.2) is 9.97 Å². The monoisotopic (exact) mass is 261 g/mol. The topological polar surface area (TPSA) is 37.8 Å². The Hall–Kier alpha value is -1.61. The van der Waals surface area contributed by atoms with Crippen LogP contribution in [0.15, 0.2) is 30.3 Å². The van der Waals surface area contributed by atoms with Crippen LogP contribution >= 0.6 is 11.6 Å². The van der Waals surface area contributed by atoms with Crippen LogP contribution in [0.3, 0.4) is 0 Å². The molecule has 1 heterocycles. The highest BCUT2D eigenvalue weighted by Gasteiger charge is 1.99. The van der Waals surface area contributed by atoms with Gasteiger partial charge < -0.3 is 5.32 Å². The highest BCUT2D eigenvalue weighted by molar-refractivity contribution is 6.30. The van der Waals surface area contributed by atoms with Crippen LogP contribution in [0.2, 0.25) is 5.02 Å². The van der Waals surface area contributed by atoms with E-state index >= 15 is 0 Å². The minimum Gasteiger partial charge on any atom is -0.354 e. The van der Waals surface area contributed by atoms with E-state index < -0.39 is 0 Å². The number of anilines is 1. The third kappa shape index (κ3) is 3.70. The molecule has 1 aromatic heterocycles. The number of nitrogens with zero attached hydrogens (tertiary/aromatic N) is 2. The van der Waals surface area contributed by atoms with Crippen molar-refractivity contribution in [2.75, 3.05) is 11.9 Å². The van der Waals surface area contributed by atoms with Crippen molar-refractivity contribution in [3.8, 4) is 0 Å². The molecule has 0 fully saturated rings. The van der Waals surface area contributed by atoms with Gasteiger partial charge in [0.2, 0.25) is 5.95 Å². The van der Waals surface area contributed by atoms with Crippen molar-refractivity contribution >= 4 is 17.5 Å². The van der Waals surface area contributed by atoms with Crippen LogP contribution in [0.25, 0.3) is 0 Å². The van der Waals surface area contributed by atoms with Crippen molar-refractivity contribution < 1.29 is 0 Å². The minimum absolute atomic E-state index is 0.689. The molecule has 0 atom stereocenters. The molecule has 18 heavy (non-hydrogen) atoms. The second-order valence-corrected chi connectivity index (χ2v) is 4.72. The van der Waals surface area contributed by atoms with Crippen LogP contribution in [0.1, 0.15) is 17.0 Å². The molecule has 0 saturated carbocycles. The van der Waals surface area contributed by atoms with Gasteiger partial charge in [0.25, 0.3) is 0 Å². The van der Waals surface area contributed by atoms with Crippen LogP contribution < -0.4 is 5.32 Å². The number of nitrogens with one attached hydrogen (secondary N) is 1. The van der Waals surface area contributed by atoms with E-state index in [1.165, 1.54) is 5.56 Å². The van der Waals surface area contributed by atoms with E-state index in [4.69, 9.17) is 11.6 Å².